The summed E-state index contributed by atoms with van der Waals surface area (Å²) in [7, 11) is 0. The highest BCUT2D eigenvalue weighted by molar-refractivity contribution is 9.10. The van der Waals surface area contributed by atoms with Crippen LogP contribution in [0.25, 0.3) is 0 Å². The maximum Gasteiger partial charge on any atom is 0.353 e. The molecule has 0 amide bonds. The first-order chi connectivity index (χ1) is 11.1. The van der Waals surface area contributed by atoms with Crippen LogP contribution in [-0.4, -0.2) is 36.5 Å². The molecule has 0 radical (unpaired) electrons. The number of pyridine rings is 1. The number of anilines is 1. The minimum Gasteiger partial charge on any atom is -0.710 e. The third-order valence-electron chi connectivity index (χ3n) is 3.08. The number of hydrogen-bond acceptors (Lipinski definition) is 6. The Morgan fingerprint density at radius 2 is 1.65 bits per heavy atom. The van der Waals surface area contributed by atoms with Crippen molar-refractivity contribution in [1.29, 1.82) is 0 Å². The molecule has 8 heteroatoms. The molecule has 0 aliphatic carbocycles. The van der Waals surface area contributed by atoms with Gasteiger partial charge in [0.05, 0.1) is 22.8 Å². The molecule has 0 atom stereocenters. The van der Waals surface area contributed by atoms with Crippen LogP contribution in [0.4, 0.5) is 17.2 Å². The molecule has 7 nitrogen and oxygen atoms in total. The lowest BCUT2D eigenvalue weighted by atomic mass is 10.2. The van der Waals surface area contributed by atoms with Crippen molar-refractivity contribution in [2.45, 2.75) is 0 Å². The van der Waals surface area contributed by atoms with E-state index in [1.807, 2.05) is 17.0 Å². The van der Waals surface area contributed by atoms with Gasteiger partial charge in [0, 0.05) is 24.8 Å². The van der Waals surface area contributed by atoms with Crippen LogP contribution in [0.1, 0.15) is 0 Å². The van der Waals surface area contributed by atoms with Crippen molar-refractivity contribution < 1.29 is 14.9 Å². The highest BCUT2D eigenvalue weighted by Crippen LogP contribution is 2.21. The summed E-state index contributed by atoms with van der Waals surface area (Å²) in [6, 6.07) is 10.5. The third kappa shape index (κ3) is 4.98. The molecule has 1 aromatic carbocycles. The average molecular weight is 381 g/mol. The molecule has 0 saturated carbocycles. The fraction of sp³-hybridized carbons (Fsp3) is 0.267. The van der Waals surface area contributed by atoms with Gasteiger partial charge in [0.2, 0.25) is 0 Å². The van der Waals surface area contributed by atoms with Gasteiger partial charge in [-0.05, 0) is 51.4 Å². The zero-order valence-electron chi connectivity index (χ0n) is 12.3. The number of nitrogens with zero attached hydrogens (tertiary/aromatic N) is 4. The van der Waals surface area contributed by atoms with E-state index in [1.165, 1.54) is 6.20 Å². The van der Waals surface area contributed by atoms with Gasteiger partial charge in [-0.3, -0.25) is 0 Å². The molecule has 1 aromatic heterocycles. The van der Waals surface area contributed by atoms with Crippen LogP contribution in [0.15, 0.2) is 57.3 Å². The molecule has 2 aromatic rings. The highest BCUT2D eigenvalue weighted by Gasteiger charge is 2.07. The van der Waals surface area contributed by atoms with Gasteiger partial charge in [0.25, 0.3) is 0 Å². The largest absolute Gasteiger partial charge is 0.710 e. The second-order valence-electron chi connectivity index (χ2n) is 4.68. The summed E-state index contributed by atoms with van der Waals surface area (Å²) >= 11 is 3.21. The van der Waals surface area contributed by atoms with Crippen LogP contribution in [0.5, 0.6) is 0 Å². The van der Waals surface area contributed by atoms with Gasteiger partial charge >= 0.3 is 5.82 Å². The van der Waals surface area contributed by atoms with Crippen molar-refractivity contribution in [3.63, 3.8) is 0 Å². The van der Waals surface area contributed by atoms with E-state index in [9.17, 15) is 5.21 Å². The van der Waals surface area contributed by atoms with Gasteiger partial charge in [0.1, 0.15) is 11.9 Å². The first-order valence-corrected chi connectivity index (χ1v) is 7.80. The average Bonchev–Trinajstić information content (AvgIpc) is 2.54. The maximum absolute atomic E-state index is 11.6. The van der Waals surface area contributed by atoms with Crippen LogP contribution in [-0.2, 0) is 0 Å². The fourth-order valence-corrected chi connectivity index (χ4v) is 2.29. The SMILES string of the molecule is [O-][n+]1cc(Br)ccc1N=Nc1ccc(N(CCO)CCO)cc1. The Kier molecular flexibility index (Phi) is 6.45. The molecule has 0 aliphatic rings. The summed E-state index contributed by atoms with van der Waals surface area (Å²) in [6.45, 7) is 0.899. The highest BCUT2D eigenvalue weighted by atomic mass is 79.9. The minimum absolute atomic E-state index is 0.00846. The van der Waals surface area contributed by atoms with Crippen molar-refractivity contribution in [2.24, 2.45) is 10.2 Å². The monoisotopic (exact) mass is 380 g/mol. The zero-order valence-corrected chi connectivity index (χ0v) is 13.9. The lowest BCUT2D eigenvalue weighted by Crippen LogP contribution is -2.29. The van der Waals surface area contributed by atoms with Crippen LogP contribution in [0, 0.1) is 5.21 Å². The first-order valence-electron chi connectivity index (χ1n) is 7.01. The van der Waals surface area contributed by atoms with Gasteiger partial charge in [-0.2, -0.15) is 0 Å². The van der Waals surface area contributed by atoms with Crippen molar-refractivity contribution in [1.82, 2.24) is 0 Å². The Labute approximate surface area is 142 Å². The Balaban J connectivity index is 2.11. The van der Waals surface area contributed by atoms with Crippen molar-refractivity contribution in [2.75, 3.05) is 31.2 Å². The molecule has 0 fully saturated rings. The molecule has 23 heavy (non-hydrogen) atoms. The number of aromatic nitrogens is 1. The molecule has 1 heterocycles. The van der Waals surface area contributed by atoms with Gasteiger partial charge in [-0.15, -0.1) is 0 Å². The Morgan fingerprint density at radius 3 is 2.22 bits per heavy atom. The second kappa shape index (κ2) is 8.56. The molecule has 2 rings (SSSR count). The van der Waals surface area contributed by atoms with Gasteiger partial charge < -0.3 is 20.3 Å². The van der Waals surface area contributed by atoms with E-state index >= 15 is 0 Å². The van der Waals surface area contributed by atoms with Crippen LogP contribution in [0.2, 0.25) is 0 Å². The van der Waals surface area contributed by atoms with Gasteiger partial charge in [0.15, 0.2) is 0 Å². The molecule has 122 valence electrons. The number of aliphatic hydroxyl groups excluding tert-OH is 2. The third-order valence-corrected chi connectivity index (χ3v) is 3.55. The summed E-state index contributed by atoms with van der Waals surface area (Å²) in [5.41, 5.74) is 1.47. The number of aliphatic hydroxyl groups is 2. The normalized spacial score (nSPS) is 11.1. The number of rotatable bonds is 7. The smallest absolute Gasteiger partial charge is 0.353 e. The summed E-state index contributed by atoms with van der Waals surface area (Å²) in [6.07, 6.45) is 1.36. The number of azo groups is 1. The van der Waals surface area contributed by atoms with E-state index < -0.39 is 0 Å². The Bertz CT molecular complexity index is 658. The molecular weight excluding hydrogens is 364 g/mol. The van der Waals surface area contributed by atoms with Crippen LogP contribution < -0.4 is 9.63 Å². The molecule has 2 N–H and O–H groups in total. The molecule has 0 aliphatic heterocycles. The van der Waals surface area contributed by atoms with Crippen molar-refractivity contribution >= 4 is 33.1 Å². The summed E-state index contributed by atoms with van der Waals surface area (Å²) in [5, 5.41) is 37.7. The van der Waals surface area contributed by atoms with Gasteiger partial charge in [-0.25, -0.2) is 4.73 Å². The number of benzene rings is 1. The minimum atomic E-state index is 0.00846. The van der Waals surface area contributed by atoms with E-state index in [1.54, 1.807) is 24.3 Å². The van der Waals surface area contributed by atoms with Gasteiger partial charge in [-0.1, -0.05) is 0 Å². The lowest BCUT2D eigenvalue weighted by Gasteiger charge is -2.22. The summed E-state index contributed by atoms with van der Waals surface area (Å²) in [5.74, 6) is 0.194. The molecular formula is C15H17BrN4O3. The zero-order chi connectivity index (χ0) is 16.7. The first kappa shape index (κ1) is 17.3. The van der Waals surface area contributed by atoms with E-state index in [0.29, 0.717) is 28.0 Å². The molecule has 0 bridgehead atoms. The Morgan fingerprint density at radius 1 is 1.00 bits per heavy atom. The summed E-state index contributed by atoms with van der Waals surface area (Å²) in [4.78, 5) is 1.86. The predicted molar refractivity (Wildman–Crippen MR) is 90.1 cm³/mol. The van der Waals surface area contributed by atoms with E-state index in [2.05, 4.69) is 26.2 Å². The lowest BCUT2D eigenvalue weighted by molar-refractivity contribution is -0.592. The van der Waals surface area contributed by atoms with E-state index in [4.69, 9.17) is 10.2 Å². The van der Waals surface area contributed by atoms with Crippen LogP contribution >= 0.6 is 15.9 Å². The number of hydrogen-bond donors (Lipinski definition) is 2. The number of halogens is 1. The van der Waals surface area contributed by atoms with E-state index in [0.717, 1.165) is 5.69 Å². The standard InChI is InChI=1S/C15H17BrN4O3/c16-12-1-6-15(20(23)11-12)18-17-13-2-4-14(5-3-13)19(7-9-21)8-10-22/h1-6,11,21-22H,7-10H2. The quantitative estimate of drug-likeness (QED) is 0.437. The Hall–Kier alpha value is -2.03. The summed E-state index contributed by atoms with van der Waals surface area (Å²) < 4.78 is 1.30. The topological polar surface area (TPSA) is 95.4 Å². The second-order valence-corrected chi connectivity index (χ2v) is 5.60. The predicted octanol–water partition coefficient (Wildman–Crippen LogP) is 2.29. The molecule has 0 spiro atoms. The van der Waals surface area contributed by atoms with Crippen molar-refractivity contribution in [3.8, 4) is 0 Å². The molecule has 0 unspecified atom stereocenters. The maximum atomic E-state index is 11.6. The fourth-order valence-electron chi connectivity index (χ4n) is 1.98. The van der Waals surface area contributed by atoms with E-state index in [-0.39, 0.29) is 19.0 Å². The molecule has 0 saturated heterocycles. The van der Waals surface area contributed by atoms with Crippen molar-refractivity contribution in [3.05, 3.63) is 52.3 Å². The van der Waals surface area contributed by atoms with Crippen LogP contribution in [0.3, 0.4) is 0 Å².